The summed E-state index contributed by atoms with van der Waals surface area (Å²) < 4.78 is 34.3. The molecule has 2 heterocycles. The lowest BCUT2D eigenvalue weighted by atomic mass is 9.98. The third-order valence-corrected chi connectivity index (χ3v) is 8.68. The monoisotopic (exact) mass is 507 g/mol. The first kappa shape index (κ1) is 25.9. The molecule has 1 amide bonds. The second-order valence-electron chi connectivity index (χ2n) is 9.54. The molecule has 1 aliphatic heterocycles. The van der Waals surface area contributed by atoms with Crippen molar-refractivity contribution in [2.45, 2.75) is 45.1 Å². The van der Waals surface area contributed by atoms with Crippen LogP contribution in [0.25, 0.3) is 12.2 Å². The molecular formula is C28H33N3O4S. The molecule has 3 aromatic rings. The molecule has 1 atom stereocenters. The summed E-state index contributed by atoms with van der Waals surface area (Å²) in [5, 5.41) is 3.95. The van der Waals surface area contributed by atoms with Crippen LogP contribution in [0.3, 0.4) is 0 Å². The van der Waals surface area contributed by atoms with Gasteiger partial charge in [0.1, 0.15) is 5.69 Å². The van der Waals surface area contributed by atoms with Crippen molar-refractivity contribution >= 4 is 28.1 Å². The van der Waals surface area contributed by atoms with Gasteiger partial charge in [0, 0.05) is 26.7 Å². The van der Waals surface area contributed by atoms with E-state index >= 15 is 0 Å². The van der Waals surface area contributed by atoms with E-state index in [0.29, 0.717) is 31.6 Å². The minimum absolute atomic E-state index is 0.0455. The molecule has 8 heteroatoms. The fourth-order valence-corrected chi connectivity index (χ4v) is 6.42. The van der Waals surface area contributed by atoms with Crippen LogP contribution in [0.4, 0.5) is 0 Å². The summed E-state index contributed by atoms with van der Waals surface area (Å²) in [5.41, 5.74) is 4.52. The molecule has 0 bridgehead atoms. The van der Waals surface area contributed by atoms with Crippen molar-refractivity contribution < 1.29 is 17.7 Å². The van der Waals surface area contributed by atoms with Crippen molar-refractivity contribution in [3.8, 4) is 0 Å². The van der Waals surface area contributed by atoms with E-state index in [0.717, 1.165) is 22.3 Å². The second kappa shape index (κ2) is 10.8. The molecule has 0 saturated carbocycles. The quantitative estimate of drug-likeness (QED) is 0.457. The SMILES string of the molecule is Cc1ccc(C)c(/C=C/c2onc(C)c2S(=O)(=O)N2CCC[C@@H](C(=O)N(C)Cc3ccccc3)C2)c1. The minimum atomic E-state index is -3.90. The molecule has 0 unspecified atom stereocenters. The highest BCUT2D eigenvalue weighted by Gasteiger charge is 2.37. The highest BCUT2D eigenvalue weighted by molar-refractivity contribution is 7.89. The lowest BCUT2D eigenvalue weighted by Gasteiger charge is -2.33. The van der Waals surface area contributed by atoms with Gasteiger partial charge in [-0.1, -0.05) is 65.3 Å². The average Bonchev–Trinajstić information content (AvgIpc) is 3.25. The van der Waals surface area contributed by atoms with Crippen molar-refractivity contribution in [1.29, 1.82) is 0 Å². The Morgan fingerprint density at radius 3 is 2.64 bits per heavy atom. The Kier molecular flexibility index (Phi) is 7.76. The maximum atomic E-state index is 13.7. The number of amides is 1. The zero-order chi connectivity index (χ0) is 25.9. The van der Waals surface area contributed by atoms with Gasteiger partial charge in [0.05, 0.1) is 5.92 Å². The van der Waals surface area contributed by atoms with Crippen LogP contribution in [-0.2, 0) is 21.4 Å². The van der Waals surface area contributed by atoms with Crippen molar-refractivity contribution in [3.05, 3.63) is 82.2 Å². The number of hydrogen-bond acceptors (Lipinski definition) is 5. The van der Waals surface area contributed by atoms with Gasteiger partial charge in [-0.3, -0.25) is 4.79 Å². The fourth-order valence-electron chi connectivity index (χ4n) is 4.64. The highest BCUT2D eigenvalue weighted by Crippen LogP contribution is 2.30. The molecule has 1 saturated heterocycles. The van der Waals surface area contributed by atoms with Crippen molar-refractivity contribution in [3.63, 3.8) is 0 Å². The largest absolute Gasteiger partial charge is 0.355 e. The van der Waals surface area contributed by atoms with Gasteiger partial charge in [-0.15, -0.1) is 0 Å². The van der Waals surface area contributed by atoms with Crippen molar-refractivity contribution in [2.75, 3.05) is 20.1 Å². The van der Waals surface area contributed by atoms with Gasteiger partial charge in [0.2, 0.25) is 15.9 Å². The molecule has 0 radical (unpaired) electrons. The zero-order valence-corrected chi connectivity index (χ0v) is 22.1. The van der Waals surface area contributed by atoms with Crippen molar-refractivity contribution in [1.82, 2.24) is 14.4 Å². The number of benzene rings is 2. The van der Waals surface area contributed by atoms with E-state index in [4.69, 9.17) is 4.52 Å². The second-order valence-corrected chi connectivity index (χ2v) is 11.4. The van der Waals surface area contributed by atoms with Gasteiger partial charge in [-0.05, 0) is 56.4 Å². The molecule has 1 aliphatic rings. The van der Waals surface area contributed by atoms with Crippen LogP contribution in [0, 0.1) is 26.7 Å². The third-order valence-electron chi connectivity index (χ3n) is 6.65. The smallest absolute Gasteiger partial charge is 0.248 e. The number of aromatic nitrogens is 1. The molecule has 1 fully saturated rings. The van der Waals surface area contributed by atoms with Gasteiger partial charge in [-0.2, -0.15) is 4.31 Å². The van der Waals surface area contributed by atoms with Gasteiger partial charge >= 0.3 is 0 Å². The van der Waals surface area contributed by atoms with Gasteiger partial charge < -0.3 is 9.42 Å². The van der Waals surface area contributed by atoms with E-state index in [-0.39, 0.29) is 23.1 Å². The van der Waals surface area contributed by atoms with E-state index < -0.39 is 15.9 Å². The Hall–Kier alpha value is -3.23. The number of carbonyl (C=O) groups is 1. The Labute approximate surface area is 213 Å². The predicted octanol–water partition coefficient (Wildman–Crippen LogP) is 4.83. The van der Waals surface area contributed by atoms with Crippen LogP contribution in [0.1, 0.15) is 46.5 Å². The molecule has 1 aromatic heterocycles. The van der Waals surface area contributed by atoms with Gasteiger partial charge in [-0.25, -0.2) is 8.42 Å². The average molecular weight is 508 g/mol. The van der Waals surface area contributed by atoms with Crippen LogP contribution in [0.15, 0.2) is 57.9 Å². The maximum absolute atomic E-state index is 13.7. The molecule has 0 spiro atoms. The maximum Gasteiger partial charge on any atom is 0.248 e. The Morgan fingerprint density at radius 2 is 1.89 bits per heavy atom. The van der Waals surface area contributed by atoms with Crippen LogP contribution >= 0.6 is 0 Å². The minimum Gasteiger partial charge on any atom is -0.355 e. The topological polar surface area (TPSA) is 83.7 Å². The summed E-state index contributed by atoms with van der Waals surface area (Å²) in [7, 11) is -2.13. The first-order valence-corrected chi connectivity index (χ1v) is 13.6. The number of nitrogens with zero attached hydrogens (tertiary/aromatic N) is 3. The first-order valence-electron chi connectivity index (χ1n) is 12.2. The number of carbonyl (C=O) groups excluding carboxylic acids is 1. The molecule has 0 N–H and O–H groups in total. The standard InChI is InChI=1S/C28H33N3O4S/c1-20-12-13-21(2)24(17-20)14-15-26-27(22(3)29-35-26)36(33,34)31-16-8-11-25(19-31)28(32)30(4)18-23-9-6-5-7-10-23/h5-7,9-10,12-15,17,25H,8,11,16,18-19H2,1-4H3/b15-14+/t25-/m1/s1. The van der Waals surface area contributed by atoms with E-state index in [1.165, 1.54) is 4.31 Å². The van der Waals surface area contributed by atoms with E-state index in [2.05, 4.69) is 5.16 Å². The summed E-state index contributed by atoms with van der Waals surface area (Å²) in [6.07, 6.45) is 4.79. The van der Waals surface area contributed by atoms with E-state index in [1.54, 1.807) is 24.9 Å². The number of aryl methyl sites for hydroxylation is 3. The van der Waals surface area contributed by atoms with Crippen LogP contribution in [0.5, 0.6) is 0 Å². The summed E-state index contributed by atoms with van der Waals surface area (Å²) >= 11 is 0. The van der Waals surface area contributed by atoms with E-state index in [9.17, 15) is 13.2 Å². The summed E-state index contributed by atoms with van der Waals surface area (Å²) in [4.78, 5) is 14.9. The number of sulfonamides is 1. The fraction of sp³-hybridized carbons (Fsp3) is 0.357. The van der Waals surface area contributed by atoms with Gasteiger partial charge in [0.15, 0.2) is 10.7 Å². The summed E-state index contributed by atoms with van der Waals surface area (Å²) in [6, 6.07) is 15.9. The number of hydrogen-bond donors (Lipinski definition) is 0. The molecule has 0 aliphatic carbocycles. The number of rotatable bonds is 7. The third kappa shape index (κ3) is 5.60. The molecule has 7 nitrogen and oxygen atoms in total. The number of piperidine rings is 1. The summed E-state index contributed by atoms with van der Waals surface area (Å²) in [5.74, 6) is -0.241. The zero-order valence-electron chi connectivity index (χ0n) is 21.3. The Balaban J connectivity index is 1.53. The Morgan fingerprint density at radius 1 is 1.14 bits per heavy atom. The molecule has 36 heavy (non-hydrogen) atoms. The van der Waals surface area contributed by atoms with Crippen LogP contribution in [-0.4, -0.2) is 48.8 Å². The summed E-state index contributed by atoms with van der Waals surface area (Å²) in [6.45, 7) is 6.63. The van der Waals surface area contributed by atoms with Crippen LogP contribution < -0.4 is 0 Å². The molecular weight excluding hydrogens is 474 g/mol. The first-order chi connectivity index (χ1) is 17.2. The van der Waals surface area contributed by atoms with E-state index in [1.807, 2.05) is 68.5 Å². The normalized spacial score (nSPS) is 16.9. The Bertz CT molecular complexity index is 1360. The molecule has 2 aromatic carbocycles. The van der Waals surface area contributed by atoms with Crippen LogP contribution in [0.2, 0.25) is 0 Å². The lowest BCUT2D eigenvalue weighted by Crippen LogP contribution is -2.45. The molecule has 4 rings (SSSR count). The highest BCUT2D eigenvalue weighted by atomic mass is 32.2. The molecule has 190 valence electrons. The van der Waals surface area contributed by atoms with Gasteiger partial charge in [0.25, 0.3) is 0 Å². The van der Waals surface area contributed by atoms with Crippen molar-refractivity contribution in [2.24, 2.45) is 5.92 Å². The lowest BCUT2D eigenvalue weighted by molar-refractivity contribution is -0.135. The predicted molar refractivity (Wildman–Crippen MR) is 140 cm³/mol.